The molecule has 0 aliphatic carbocycles. The van der Waals surface area contributed by atoms with Gasteiger partial charge in [-0.1, -0.05) is 56.6 Å². The first-order valence-electron chi connectivity index (χ1n) is 20.3. The Hall–Kier alpha value is -5.75. The van der Waals surface area contributed by atoms with Crippen LogP contribution in [0.25, 0.3) is 10.4 Å². The summed E-state index contributed by atoms with van der Waals surface area (Å²) in [6.45, 7) is 10.2. The monoisotopic (exact) mass is 956 g/mol. The first-order valence-corrected chi connectivity index (χ1v) is 21.9. The second-order valence-corrected chi connectivity index (χ2v) is 18.5. The van der Waals surface area contributed by atoms with Crippen molar-refractivity contribution in [2.45, 2.75) is 84.7 Å². The minimum absolute atomic E-state index is 0.00773. The zero-order valence-corrected chi connectivity index (χ0v) is 38.5. The average molecular weight is 957 g/mol. The lowest BCUT2D eigenvalue weighted by molar-refractivity contribution is -0.144. The van der Waals surface area contributed by atoms with E-state index in [2.05, 4.69) is 20.6 Å². The van der Waals surface area contributed by atoms with E-state index < -0.39 is 75.4 Å². The van der Waals surface area contributed by atoms with Crippen LogP contribution in [0.2, 0.25) is 5.02 Å². The Kier molecular flexibility index (Phi) is 14.5. The molecule has 6 rings (SSSR count). The van der Waals surface area contributed by atoms with Crippen LogP contribution in [0.15, 0.2) is 54.2 Å². The number of amides is 4. The van der Waals surface area contributed by atoms with Gasteiger partial charge in [-0.25, -0.2) is 14.4 Å². The molecular formula is C44H45ClF4N8O6S2. The van der Waals surface area contributed by atoms with E-state index in [1.165, 1.54) is 42.0 Å². The summed E-state index contributed by atoms with van der Waals surface area (Å²) in [6, 6.07) is 10.4. The number of likely N-dealkylation sites (tertiary alicyclic amines) is 1. The molecule has 2 fully saturated rings. The Labute approximate surface area is 386 Å². The van der Waals surface area contributed by atoms with E-state index >= 15 is 4.39 Å². The summed E-state index contributed by atoms with van der Waals surface area (Å²) in [5.74, 6) is -3.92. The number of anilines is 2. The number of halogens is 5. The molecule has 2 aromatic heterocycles. The van der Waals surface area contributed by atoms with Crippen LogP contribution in [0.3, 0.4) is 0 Å². The molecule has 2 aliphatic heterocycles. The first kappa shape index (κ1) is 48.7. The van der Waals surface area contributed by atoms with Crippen LogP contribution in [-0.2, 0) is 36.6 Å². The maximum atomic E-state index is 15.4. The molecular weight excluding hydrogens is 912 g/mol. The van der Waals surface area contributed by atoms with Gasteiger partial charge < -0.3 is 29.9 Å². The van der Waals surface area contributed by atoms with Crippen molar-refractivity contribution in [3.8, 4) is 22.4 Å². The highest BCUT2D eigenvalue weighted by molar-refractivity contribution is 7.81. The molecule has 0 spiro atoms. The van der Waals surface area contributed by atoms with Crippen LogP contribution in [0.5, 0.6) is 5.88 Å². The van der Waals surface area contributed by atoms with Crippen molar-refractivity contribution in [2.24, 2.45) is 5.41 Å². The Bertz CT molecular complexity index is 2540. The average Bonchev–Trinajstić information content (AvgIpc) is 3.95. The Morgan fingerprint density at radius 3 is 2.42 bits per heavy atom. The molecule has 4 heterocycles. The van der Waals surface area contributed by atoms with Crippen LogP contribution < -0.4 is 25.2 Å². The second-order valence-electron chi connectivity index (χ2n) is 16.9. The molecule has 2 N–H and O–H groups in total. The van der Waals surface area contributed by atoms with Gasteiger partial charge >= 0.3 is 6.18 Å². The Morgan fingerprint density at radius 2 is 1.80 bits per heavy atom. The number of pyridine rings is 1. The number of nitrogens with zero attached hydrogens (tertiary/aromatic N) is 6. The van der Waals surface area contributed by atoms with E-state index in [0.717, 1.165) is 33.8 Å². The molecule has 4 aromatic rings. The number of aromatic nitrogens is 2. The molecule has 2 unspecified atom stereocenters. The lowest BCUT2D eigenvalue weighted by Gasteiger charge is -2.35. The zero-order chi connectivity index (χ0) is 47.6. The number of aryl methyl sites for hydroxylation is 1. The first-order chi connectivity index (χ1) is 30.6. The molecule has 2 aromatic carbocycles. The lowest BCUT2D eigenvalue weighted by Crippen LogP contribution is -2.58. The van der Waals surface area contributed by atoms with E-state index in [1.54, 1.807) is 16.8 Å². The molecule has 0 saturated carbocycles. The number of nitrogens with one attached hydrogen (secondary N) is 2. The van der Waals surface area contributed by atoms with Gasteiger partial charge in [0.1, 0.15) is 36.4 Å². The van der Waals surface area contributed by atoms with Gasteiger partial charge in [-0.2, -0.15) is 18.4 Å². The molecule has 2 atom stereocenters. The van der Waals surface area contributed by atoms with Crippen molar-refractivity contribution >= 4 is 75.3 Å². The molecule has 2 aliphatic rings. The number of thiazole rings is 1. The number of benzene rings is 2. The van der Waals surface area contributed by atoms with Crippen LogP contribution in [0.1, 0.15) is 69.8 Å². The molecule has 65 heavy (non-hydrogen) atoms. The van der Waals surface area contributed by atoms with Crippen LogP contribution >= 0.6 is 35.2 Å². The number of hydrogen-bond acceptors (Lipinski definition) is 11. The SMILES string of the molecule is Cc1ncsc1-c1ccc(CNC(=O)C2CCCN2C(=O)C(NC(=O)COCCOc2cc(Cl)c(N3C(=S)N(c4ccc(C#N)c(C(F)(F)F)c4F)C(=O)C3(C)C)cn2)C(C)(C)C)cc1. The highest BCUT2D eigenvalue weighted by atomic mass is 35.5. The number of carbonyl (C=O) groups is 4. The van der Waals surface area contributed by atoms with Gasteiger partial charge in [0.05, 0.1) is 56.9 Å². The van der Waals surface area contributed by atoms with Gasteiger partial charge in [0, 0.05) is 19.2 Å². The maximum absolute atomic E-state index is 15.4. The smallest absolute Gasteiger partial charge is 0.420 e. The summed E-state index contributed by atoms with van der Waals surface area (Å²) in [5.41, 5.74) is -1.11. The summed E-state index contributed by atoms with van der Waals surface area (Å²) >= 11 is 13.6. The summed E-state index contributed by atoms with van der Waals surface area (Å²) in [7, 11) is 0. The number of hydrogen-bond donors (Lipinski definition) is 2. The van der Waals surface area contributed by atoms with E-state index in [1.807, 2.05) is 52.0 Å². The fourth-order valence-corrected chi connectivity index (χ4v) is 9.07. The number of ether oxygens (including phenoxy) is 2. The molecule has 344 valence electrons. The minimum atomic E-state index is -5.24. The molecule has 0 bridgehead atoms. The zero-order valence-electron chi connectivity index (χ0n) is 36.1. The van der Waals surface area contributed by atoms with Gasteiger partial charge in [-0.15, -0.1) is 11.3 Å². The largest absolute Gasteiger partial charge is 0.475 e. The van der Waals surface area contributed by atoms with Crippen molar-refractivity contribution in [1.82, 2.24) is 25.5 Å². The van der Waals surface area contributed by atoms with Crippen molar-refractivity contribution in [1.29, 1.82) is 5.26 Å². The standard InChI is InChI=1S/C44H45ClF4N8O6S2/c1-24-36(65-23-53-24)26-11-9-25(10-12-26)20-52-38(59)30-8-7-15-55(30)39(60)37(42(2,3)4)54-32(58)22-62-16-17-63-33-18-28(45)31(21-51-33)57-41(64)56(40(61)43(57,5)6)29-14-13-27(19-50)34(35(29)46)44(47,48)49/h9-14,18,21,23,30,37H,7-8,15-17,20,22H2,1-6H3,(H,52,59)(H,54,58). The highest BCUT2D eigenvalue weighted by Crippen LogP contribution is 2.43. The van der Waals surface area contributed by atoms with Gasteiger partial charge in [0.15, 0.2) is 10.9 Å². The third-order valence-corrected chi connectivity index (χ3v) is 12.5. The van der Waals surface area contributed by atoms with Crippen molar-refractivity contribution < 1.29 is 46.2 Å². The van der Waals surface area contributed by atoms with Gasteiger partial charge in [-0.3, -0.25) is 24.1 Å². The minimum Gasteiger partial charge on any atom is -0.475 e. The van der Waals surface area contributed by atoms with Gasteiger partial charge in [0.25, 0.3) is 5.91 Å². The van der Waals surface area contributed by atoms with Gasteiger partial charge in [0.2, 0.25) is 23.6 Å². The quantitative estimate of drug-likeness (QED) is 0.0737. The number of alkyl halides is 3. The van der Waals surface area contributed by atoms with Gasteiger partial charge in [-0.05, 0) is 74.5 Å². The lowest BCUT2D eigenvalue weighted by atomic mass is 9.85. The molecule has 2 saturated heterocycles. The molecule has 21 heteroatoms. The van der Waals surface area contributed by atoms with E-state index in [0.29, 0.717) is 24.3 Å². The molecule has 0 radical (unpaired) electrons. The third-order valence-electron chi connectivity index (χ3n) is 10.9. The van der Waals surface area contributed by atoms with Crippen molar-refractivity contribution in [2.75, 3.05) is 36.2 Å². The number of carbonyl (C=O) groups excluding carboxylic acids is 4. The summed E-state index contributed by atoms with van der Waals surface area (Å²) in [6.07, 6.45) is -2.91. The third kappa shape index (κ3) is 10.4. The van der Waals surface area contributed by atoms with Crippen LogP contribution in [0, 0.1) is 29.5 Å². The topological polar surface area (TPSA) is 170 Å². The van der Waals surface area contributed by atoms with Crippen LogP contribution in [-0.4, -0.2) is 87.6 Å². The van der Waals surface area contributed by atoms with E-state index in [9.17, 15) is 32.3 Å². The van der Waals surface area contributed by atoms with Crippen molar-refractivity contribution in [3.05, 3.63) is 87.4 Å². The summed E-state index contributed by atoms with van der Waals surface area (Å²) in [5, 5.41) is 14.5. The number of thiocarbonyl (C=S) groups is 1. The predicted molar refractivity (Wildman–Crippen MR) is 239 cm³/mol. The van der Waals surface area contributed by atoms with E-state index in [-0.39, 0.29) is 48.2 Å². The fourth-order valence-electron chi connectivity index (χ4n) is 7.52. The maximum Gasteiger partial charge on any atom is 0.420 e. The normalized spacial score (nSPS) is 16.7. The Balaban J connectivity index is 1.00. The fraction of sp³-hybridized carbons (Fsp3) is 0.409. The molecule has 4 amide bonds. The summed E-state index contributed by atoms with van der Waals surface area (Å²) < 4.78 is 67.9. The number of rotatable bonds is 14. The predicted octanol–water partition coefficient (Wildman–Crippen LogP) is 7.35. The summed E-state index contributed by atoms with van der Waals surface area (Å²) in [4.78, 5) is 67.0. The Morgan fingerprint density at radius 1 is 1.09 bits per heavy atom. The molecule has 14 nitrogen and oxygen atoms in total. The van der Waals surface area contributed by atoms with Crippen molar-refractivity contribution in [3.63, 3.8) is 0 Å². The highest BCUT2D eigenvalue weighted by Gasteiger charge is 2.52. The van der Waals surface area contributed by atoms with E-state index in [4.69, 9.17) is 38.6 Å². The number of nitriles is 1. The van der Waals surface area contributed by atoms with Crippen LogP contribution in [0.4, 0.5) is 28.9 Å². The second kappa shape index (κ2) is 19.4.